The number of hydrogen-bond acceptors (Lipinski definition) is 3. The number of rotatable bonds is 2. The summed E-state index contributed by atoms with van der Waals surface area (Å²) in [4.78, 5) is 11.7. The maximum Gasteiger partial charge on any atom is 0.412 e. The summed E-state index contributed by atoms with van der Waals surface area (Å²) in [5.74, 6) is 0. The van der Waals surface area contributed by atoms with Crippen molar-refractivity contribution >= 4 is 23.3 Å². The lowest BCUT2D eigenvalue weighted by atomic mass is 10.2. The highest BCUT2D eigenvalue weighted by atomic mass is 32.1. The van der Waals surface area contributed by atoms with Crippen molar-refractivity contribution in [1.82, 2.24) is 5.32 Å². The highest BCUT2D eigenvalue weighted by Gasteiger charge is 2.16. The molecule has 1 N–H and O–H groups in total. The van der Waals surface area contributed by atoms with Gasteiger partial charge in [0.25, 0.3) is 0 Å². The lowest BCUT2D eigenvalue weighted by Crippen LogP contribution is -2.35. The smallest absolute Gasteiger partial charge is 0.412 e. The SMILES string of the molecule is CCCC(=S)NC(=O)OC(C)(C)C. The summed E-state index contributed by atoms with van der Waals surface area (Å²) in [6.07, 6.45) is 1.18. The summed E-state index contributed by atoms with van der Waals surface area (Å²) in [6, 6.07) is 0. The van der Waals surface area contributed by atoms with Gasteiger partial charge >= 0.3 is 6.09 Å². The summed E-state index contributed by atoms with van der Waals surface area (Å²) < 4.78 is 5.02. The second-order valence-electron chi connectivity index (χ2n) is 3.80. The van der Waals surface area contributed by atoms with Crippen molar-refractivity contribution in [1.29, 1.82) is 0 Å². The minimum atomic E-state index is -0.467. The molecule has 0 bridgehead atoms. The molecule has 0 aromatic heterocycles. The van der Waals surface area contributed by atoms with Gasteiger partial charge in [-0.25, -0.2) is 4.79 Å². The van der Waals surface area contributed by atoms with E-state index in [0.29, 0.717) is 11.4 Å². The Balaban J connectivity index is 3.82. The first kappa shape index (κ1) is 12.4. The summed E-state index contributed by atoms with van der Waals surface area (Å²) in [5, 5.41) is 2.51. The molecule has 0 saturated heterocycles. The number of thiocarbonyl (C=S) groups is 1. The van der Waals surface area contributed by atoms with Crippen LogP contribution in [0.5, 0.6) is 0 Å². The topological polar surface area (TPSA) is 38.3 Å². The normalized spacial score (nSPS) is 10.8. The van der Waals surface area contributed by atoms with Crippen LogP contribution in [-0.2, 0) is 4.74 Å². The number of carbonyl (C=O) groups excluding carboxylic acids is 1. The molecule has 0 aliphatic carbocycles. The van der Waals surface area contributed by atoms with E-state index in [1.54, 1.807) is 0 Å². The van der Waals surface area contributed by atoms with E-state index in [2.05, 4.69) is 5.32 Å². The van der Waals surface area contributed by atoms with E-state index in [9.17, 15) is 4.79 Å². The van der Waals surface area contributed by atoms with Crippen LogP contribution in [0.2, 0.25) is 0 Å². The molecule has 76 valence electrons. The van der Waals surface area contributed by atoms with E-state index in [0.717, 1.165) is 6.42 Å². The first-order valence-corrected chi connectivity index (χ1v) is 4.79. The highest BCUT2D eigenvalue weighted by molar-refractivity contribution is 7.80. The molecule has 0 spiro atoms. The summed E-state index contributed by atoms with van der Waals surface area (Å²) in [5.41, 5.74) is -0.466. The van der Waals surface area contributed by atoms with Crippen molar-refractivity contribution in [2.45, 2.75) is 46.1 Å². The van der Waals surface area contributed by atoms with Crippen molar-refractivity contribution in [3.63, 3.8) is 0 Å². The Labute approximate surface area is 84.8 Å². The lowest BCUT2D eigenvalue weighted by molar-refractivity contribution is 0.0563. The first-order chi connectivity index (χ1) is 5.85. The fraction of sp³-hybridized carbons (Fsp3) is 0.778. The van der Waals surface area contributed by atoms with Crippen LogP contribution in [0.15, 0.2) is 0 Å². The van der Waals surface area contributed by atoms with Crippen LogP contribution < -0.4 is 5.32 Å². The minimum Gasteiger partial charge on any atom is -0.444 e. The third kappa shape index (κ3) is 7.71. The van der Waals surface area contributed by atoms with Gasteiger partial charge in [0.05, 0.1) is 4.99 Å². The van der Waals surface area contributed by atoms with E-state index in [4.69, 9.17) is 17.0 Å². The molecule has 0 aromatic carbocycles. The van der Waals surface area contributed by atoms with E-state index in [1.807, 2.05) is 27.7 Å². The number of carbonyl (C=O) groups is 1. The van der Waals surface area contributed by atoms with Gasteiger partial charge in [0, 0.05) is 0 Å². The van der Waals surface area contributed by atoms with Crippen LogP contribution >= 0.6 is 12.2 Å². The van der Waals surface area contributed by atoms with Gasteiger partial charge in [-0.3, -0.25) is 5.32 Å². The van der Waals surface area contributed by atoms with Gasteiger partial charge in [-0.1, -0.05) is 19.1 Å². The van der Waals surface area contributed by atoms with Crippen LogP contribution in [0.25, 0.3) is 0 Å². The molecule has 0 aliphatic rings. The van der Waals surface area contributed by atoms with Gasteiger partial charge in [0.1, 0.15) is 5.60 Å². The predicted molar refractivity (Wildman–Crippen MR) is 56.9 cm³/mol. The molecule has 3 nitrogen and oxygen atoms in total. The molecule has 0 radical (unpaired) electrons. The zero-order valence-corrected chi connectivity index (χ0v) is 9.46. The average Bonchev–Trinajstić information content (AvgIpc) is 1.81. The Morgan fingerprint density at radius 1 is 1.46 bits per heavy atom. The van der Waals surface area contributed by atoms with Gasteiger partial charge in [-0.05, 0) is 33.6 Å². The Morgan fingerprint density at radius 3 is 2.38 bits per heavy atom. The fourth-order valence-corrected chi connectivity index (χ4v) is 0.994. The van der Waals surface area contributed by atoms with Crippen LogP contribution in [0.4, 0.5) is 4.79 Å². The Hall–Kier alpha value is -0.640. The van der Waals surface area contributed by atoms with Crippen molar-refractivity contribution in [2.75, 3.05) is 0 Å². The van der Waals surface area contributed by atoms with Crippen molar-refractivity contribution in [3.8, 4) is 0 Å². The number of nitrogens with one attached hydrogen (secondary N) is 1. The third-order valence-electron chi connectivity index (χ3n) is 1.12. The summed E-state index contributed by atoms with van der Waals surface area (Å²) in [7, 11) is 0. The number of alkyl carbamates (subject to hydrolysis) is 1. The molecule has 13 heavy (non-hydrogen) atoms. The van der Waals surface area contributed by atoms with E-state index in [1.165, 1.54) is 0 Å². The Morgan fingerprint density at radius 2 is 2.00 bits per heavy atom. The van der Waals surface area contributed by atoms with Crippen LogP contribution in [0.1, 0.15) is 40.5 Å². The van der Waals surface area contributed by atoms with E-state index < -0.39 is 11.7 Å². The highest BCUT2D eigenvalue weighted by Crippen LogP contribution is 2.06. The second-order valence-corrected chi connectivity index (χ2v) is 4.29. The third-order valence-corrected chi connectivity index (χ3v) is 1.42. The number of ether oxygens (including phenoxy) is 1. The lowest BCUT2D eigenvalue weighted by Gasteiger charge is -2.19. The van der Waals surface area contributed by atoms with Crippen molar-refractivity contribution in [3.05, 3.63) is 0 Å². The van der Waals surface area contributed by atoms with E-state index in [-0.39, 0.29) is 0 Å². The molecule has 0 aromatic rings. The molecule has 0 fully saturated rings. The van der Waals surface area contributed by atoms with Gasteiger partial charge in [0.2, 0.25) is 0 Å². The van der Waals surface area contributed by atoms with Crippen LogP contribution in [0, 0.1) is 0 Å². The molecule has 0 heterocycles. The molecular weight excluding hydrogens is 186 g/mol. The second kappa shape index (κ2) is 5.17. The number of hydrogen-bond donors (Lipinski definition) is 1. The van der Waals surface area contributed by atoms with Crippen molar-refractivity contribution in [2.24, 2.45) is 0 Å². The monoisotopic (exact) mass is 203 g/mol. The zero-order valence-electron chi connectivity index (χ0n) is 8.64. The largest absolute Gasteiger partial charge is 0.444 e. The summed E-state index contributed by atoms with van der Waals surface area (Å²) in [6.45, 7) is 7.45. The molecule has 0 saturated carbocycles. The van der Waals surface area contributed by atoms with Crippen LogP contribution in [-0.4, -0.2) is 16.7 Å². The van der Waals surface area contributed by atoms with Crippen LogP contribution in [0.3, 0.4) is 0 Å². The maximum absolute atomic E-state index is 11.1. The van der Waals surface area contributed by atoms with Crippen molar-refractivity contribution < 1.29 is 9.53 Å². The fourth-order valence-electron chi connectivity index (χ4n) is 0.707. The molecule has 0 unspecified atom stereocenters. The summed E-state index contributed by atoms with van der Waals surface area (Å²) >= 11 is 4.91. The zero-order chi connectivity index (χ0) is 10.5. The maximum atomic E-state index is 11.1. The molecule has 4 heteroatoms. The minimum absolute atomic E-state index is 0.466. The first-order valence-electron chi connectivity index (χ1n) is 4.38. The predicted octanol–water partition coefficient (Wildman–Crippen LogP) is 2.64. The van der Waals surface area contributed by atoms with Gasteiger partial charge in [-0.2, -0.15) is 0 Å². The molecule has 0 aliphatic heterocycles. The average molecular weight is 203 g/mol. The molecule has 0 atom stereocenters. The quantitative estimate of drug-likeness (QED) is 0.701. The molecular formula is C9H17NO2S. The Kier molecular flexibility index (Phi) is 4.91. The Bertz CT molecular complexity index is 196. The molecule has 1 amide bonds. The standard InChI is InChI=1S/C9H17NO2S/c1-5-6-7(13)10-8(11)12-9(2,3)4/h5-6H2,1-4H3,(H,10,11,13). The van der Waals surface area contributed by atoms with Gasteiger partial charge < -0.3 is 4.74 Å². The molecule has 0 rings (SSSR count). The number of amides is 1. The van der Waals surface area contributed by atoms with E-state index >= 15 is 0 Å². The van der Waals surface area contributed by atoms with Gasteiger partial charge in [-0.15, -0.1) is 0 Å². The van der Waals surface area contributed by atoms with Gasteiger partial charge in [0.15, 0.2) is 0 Å².